The summed E-state index contributed by atoms with van der Waals surface area (Å²) in [5.41, 5.74) is -0.0416. The molecule has 3 rings (SSSR count). The molecule has 1 aromatic carbocycles. The molecular formula is C18H23ClN4O5. The number of carbonyl (C=O) groups is 2. The molecule has 2 saturated heterocycles. The number of urea groups is 1. The Morgan fingerprint density at radius 3 is 2.68 bits per heavy atom. The van der Waals surface area contributed by atoms with Gasteiger partial charge in [0.1, 0.15) is 5.02 Å². The molecule has 0 radical (unpaired) electrons. The van der Waals surface area contributed by atoms with E-state index in [1.807, 2.05) is 0 Å². The minimum Gasteiger partial charge on any atom is -0.449 e. The first kappa shape index (κ1) is 20.2. The fraction of sp³-hybridized carbons (Fsp3) is 0.556. The Kier molecular flexibility index (Phi) is 5.64. The molecule has 1 N–H and O–H groups in total. The van der Waals surface area contributed by atoms with Crippen LogP contribution in [0.15, 0.2) is 18.2 Å². The van der Waals surface area contributed by atoms with E-state index in [4.69, 9.17) is 16.3 Å². The summed E-state index contributed by atoms with van der Waals surface area (Å²) in [4.78, 5) is 38.4. The summed E-state index contributed by atoms with van der Waals surface area (Å²) < 4.78 is 5.28. The molecular weight excluding hydrogens is 388 g/mol. The Balaban J connectivity index is 1.57. The van der Waals surface area contributed by atoms with E-state index >= 15 is 0 Å². The van der Waals surface area contributed by atoms with Gasteiger partial charge in [-0.25, -0.2) is 9.59 Å². The molecule has 9 nitrogen and oxygen atoms in total. The van der Waals surface area contributed by atoms with Crippen molar-refractivity contribution in [1.29, 1.82) is 0 Å². The number of hydrogen-bond acceptors (Lipinski definition) is 5. The summed E-state index contributed by atoms with van der Waals surface area (Å²) in [5, 5.41) is 13.7. The van der Waals surface area contributed by atoms with Crippen LogP contribution >= 0.6 is 11.6 Å². The predicted molar refractivity (Wildman–Crippen MR) is 104 cm³/mol. The van der Waals surface area contributed by atoms with Crippen LogP contribution in [0.25, 0.3) is 0 Å². The second-order valence-electron chi connectivity index (χ2n) is 7.92. The summed E-state index contributed by atoms with van der Waals surface area (Å²) in [5.74, 6) is 0. The maximum absolute atomic E-state index is 12.5. The number of ether oxygens (including phenoxy) is 1. The number of benzene rings is 1. The molecule has 28 heavy (non-hydrogen) atoms. The molecule has 0 aromatic heterocycles. The van der Waals surface area contributed by atoms with Crippen molar-refractivity contribution in [3.63, 3.8) is 0 Å². The SMILES string of the molecule is CC1(C)COC(=O)N(C2CCN(C(=O)Nc3ccc(Cl)c([N+](=O)[O-])c3)CC2)C1. The van der Waals surface area contributed by atoms with Gasteiger partial charge in [0, 0.05) is 42.8 Å². The van der Waals surface area contributed by atoms with Crippen molar-refractivity contribution in [2.75, 3.05) is 31.6 Å². The highest BCUT2D eigenvalue weighted by Crippen LogP contribution is 2.29. The van der Waals surface area contributed by atoms with Gasteiger partial charge in [-0.15, -0.1) is 0 Å². The summed E-state index contributed by atoms with van der Waals surface area (Å²) in [6, 6.07) is 3.83. The third-order valence-electron chi connectivity index (χ3n) is 5.01. The Morgan fingerprint density at radius 2 is 2.04 bits per heavy atom. The van der Waals surface area contributed by atoms with Gasteiger partial charge in [0.05, 0.1) is 11.5 Å². The van der Waals surface area contributed by atoms with Gasteiger partial charge < -0.3 is 19.9 Å². The monoisotopic (exact) mass is 410 g/mol. The number of amides is 3. The van der Waals surface area contributed by atoms with E-state index < -0.39 is 4.92 Å². The normalized spacial score (nSPS) is 19.9. The Morgan fingerprint density at radius 1 is 1.36 bits per heavy atom. The van der Waals surface area contributed by atoms with Crippen LogP contribution < -0.4 is 5.32 Å². The minimum atomic E-state index is -0.595. The number of carbonyl (C=O) groups excluding carboxylic acids is 2. The fourth-order valence-corrected chi connectivity index (χ4v) is 3.69. The molecule has 2 aliphatic rings. The van der Waals surface area contributed by atoms with Crippen LogP contribution in [0.4, 0.5) is 21.0 Å². The number of anilines is 1. The number of nitrogens with zero attached hydrogens (tertiary/aromatic N) is 3. The highest BCUT2D eigenvalue weighted by Gasteiger charge is 2.38. The van der Waals surface area contributed by atoms with Gasteiger partial charge in [0.15, 0.2) is 0 Å². The van der Waals surface area contributed by atoms with Crippen molar-refractivity contribution < 1.29 is 19.2 Å². The largest absolute Gasteiger partial charge is 0.449 e. The molecule has 10 heteroatoms. The van der Waals surface area contributed by atoms with Crippen molar-refractivity contribution in [3.05, 3.63) is 33.3 Å². The number of rotatable bonds is 3. The lowest BCUT2D eigenvalue weighted by atomic mass is 9.91. The van der Waals surface area contributed by atoms with Gasteiger partial charge in [-0.3, -0.25) is 10.1 Å². The van der Waals surface area contributed by atoms with E-state index in [-0.39, 0.29) is 34.3 Å². The Labute approximate surface area is 167 Å². The van der Waals surface area contributed by atoms with Crippen LogP contribution in [0.3, 0.4) is 0 Å². The van der Waals surface area contributed by atoms with Crippen LogP contribution in [0.2, 0.25) is 5.02 Å². The molecule has 1 aromatic rings. The lowest BCUT2D eigenvalue weighted by molar-refractivity contribution is -0.384. The van der Waals surface area contributed by atoms with Crippen LogP contribution in [-0.4, -0.2) is 59.1 Å². The highest BCUT2D eigenvalue weighted by atomic mass is 35.5. The molecule has 3 amide bonds. The van der Waals surface area contributed by atoms with Crippen LogP contribution in [0.5, 0.6) is 0 Å². The zero-order chi connectivity index (χ0) is 20.5. The van der Waals surface area contributed by atoms with Gasteiger partial charge in [0.25, 0.3) is 5.69 Å². The van der Waals surface area contributed by atoms with Crippen LogP contribution in [-0.2, 0) is 4.74 Å². The molecule has 0 saturated carbocycles. The summed E-state index contributed by atoms with van der Waals surface area (Å²) in [7, 11) is 0. The standard InChI is InChI=1S/C18H23ClN4O5/c1-18(2)10-22(17(25)28-11-18)13-5-7-21(8-6-13)16(24)20-12-3-4-14(19)15(9-12)23(26)27/h3-4,9,13H,5-8,10-11H2,1-2H3,(H,20,24). The molecule has 152 valence electrons. The number of nitro groups is 1. The Bertz CT molecular complexity index is 792. The van der Waals surface area contributed by atoms with E-state index in [0.29, 0.717) is 44.8 Å². The first-order chi connectivity index (χ1) is 13.2. The van der Waals surface area contributed by atoms with E-state index in [1.165, 1.54) is 18.2 Å². The molecule has 0 spiro atoms. The third kappa shape index (κ3) is 4.46. The number of hydrogen-bond donors (Lipinski definition) is 1. The third-order valence-corrected chi connectivity index (χ3v) is 5.33. The first-order valence-corrected chi connectivity index (χ1v) is 9.47. The van der Waals surface area contributed by atoms with Crippen molar-refractivity contribution in [2.24, 2.45) is 5.41 Å². The van der Waals surface area contributed by atoms with Crippen molar-refractivity contribution in [3.8, 4) is 0 Å². The van der Waals surface area contributed by atoms with E-state index in [1.54, 1.807) is 9.80 Å². The fourth-order valence-electron chi connectivity index (χ4n) is 3.50. The van der Waals surface area contributed by atoms with Gasteiger partial charge >= 0.3 is 12.1 Å². The maximum Gasteiger partial charge on any atom is 0.410 e. The second kappa shape index (κ2) is 7.83. The predicted octanol–water partition coefficient (Wildman–Crippen LogP) is 3.72. The van der Waals surface area contributed by atoms with Gasteiger partial charge in [-0.05, 0) is 25.0 Å². The average molecular weight is 411 g/mol. The lowest BCUT2D eigenvalue weighted by Gasteiger charge is -2.44. The number of halogens is 1. The van der Waals surface area contributed by atoms with Crippen LogP contribution in [0, 0.1) is 15.5 Å². The molecule has 0 unspecified atom stereocenters. The first-order valence-electron chi connectivity index (χ1n) is 9.09. The number of nitro benzene ring substituents is 1. The second-order valence-corrected chi connectivity index (χ2v) is 8.33. The smallest absolute Gasteiger partial charge is 0.410 e. The topological polar surface area (TPSA) is 105 Å². The summed E-state index contributed by atoms with van der Waals surface area (Å²) in [6.07, 6.45) is 1.01. The maximum atomic E-state index is 12.5. The van der Waals surface area contributed by atoms with Crippen molar-refractivity contribution in [2.45, 2.75) is 32.7 Å². The van der Waals surface area contributed by atoms with Gasteiger partial charge in [0.2, 0.25) is 0 Å². The van der Waals surface area contributed by atoms with Gasteiger partial charge in [-0.2, -0.15) is 0 Å². The summed E-state index contributed by atoms with van der Waals surface area (Å²) >= 11 is 5.79. The van der Waals surface area contributed by atoms with E-state index in [0.717, 1.165) is 0 Å². The van der Waals surface area contributed by atoms with Crippen molar-refractivity contribution in [1.82, 2.24) is 9.80 Å². The number of likely N-dealkylation sites (tertiary alicyclic amines) is 1. The molecule has 2 aliphatic heterocycles. The quantitative estimate of drug-likeness (QED) is 0.603. The zero-order valence-electron chi connectivity index (χ0n) is 15.8. The average Bonchev–Trinajstić information content (AvgIpc) is 2.65. The molecule has 2 heterocycles. The van der Waals surface area contributed by atoms with Crippen molar-refractivity contribution >= 4 is 35.1 Å². The van der Waals surface area contributed by atoms with E-state index in [9.17, 15) is 19.7 Å². The summed E-state index contributed by atoms with van der Waals surface area (Å²) in [6.45, 7) is 6.13. The molecule has 0 aliphatic carbocycles. The zero-order valence-corrected chi connectivity index (χ0v) is 16.6. The van der Waals surface area contributed by atoms with Crippen LogP contribution in [0.1, 0.15) is 26.7 Å². The lowest BCUT2D eigenvalue weighted by Crippen LogP contribution is -2.55. The number of nitrogens with one attached hydrogen (secondary N) is 1. The van der Waals surface area contributed by atoms with Gasteiger partial charge in [-0.1, -0.05) is 25.4 Å². The Hall–Kier alpha value is -2.55. The minimum absolute atomic E-state index is 0.0140. The number of cyclic esters (lactones) is 1. The highest BCUT2D eigenvalue weighted by molar-refractivity contribution is 6.32. The molecule has 2 fully saturated rings. The molecule has 0 atom stereocenters. The van der Waals surface area contributed by atoms with E-state index in [2.05, 4.69) is 19.2 Å². The molecule has 0 bridgehead atoms. The number of piperidine rings is 1.